The van der Waals surface area contributed by atoms with Crippen LogP contribution in [0, 0.1) is 11.8 Å². The number of carbonyl (C=O) groups is 4. The zero-order valence-electron chi connectivity index (χ0n) is 14.4. The SMILES string of the molecule is COC(=O)C(C(=O)OC)[C@H](C)[C@@H](NC(=O)Cc1ccccc1)C(N)=O. The van der Waals surface area contributed by atoms with Crippen LogP contribution in [-0.4, -0.2) is 44.0 Å². The second-order valence-corrected chi connectivity index (χ2v) is 5.49. The van der Waals surface area contributed by atoms with Gasteiger partial charge in [0.05, 0.1) is 20.6 Å². The average Bonchev–Trinajstić information content (AvgIpc) is 2.59. The first-order chi connectivity index (χ1) is 11.8. The summed E-state index contributed by atoms with van der Waals surface area (Å²) in [5, 5.41) is 2.47. The van der Waals surface area contributed by atoms with Crippen LogP contribution in [-0.2, 0) is 35.1 Å². The molecule has 1 rings (SSSR count). The maximum absolute atomic E-state index is 12.2. The topological polar surface area (TPSA) is 125 Å². The Kier molecular flexibility index (Phi) is 7.58. The molecule has 1 aromatic rings. The van der Waals surface area contributed by atoms with Crippen molar-refractivity contribution in [3.05, 3.63) is 35.9 Å². The number of nitrogens with two attached hydrogens (primary N) is 1. The molecule has 0 aliphatic rings. The second kappa shape index (κ2) is 9.41. The molecule has 0 aromatic heterocycles. The van der Waals surface area contributed by atoms with E-state index in [-0.39, 0.29) is 6.42 Å². The number of carbonyl (C=O) groups excluding carboxylic acids is 4. The lowest BCUT2D eigenvalue weighted by molar-refractivity contribution is -0.162. The van der Waals surface area contributed by atoms with Gasteiger partial charge in [0.25, 0.3) is 0 Å². The van der Waals surface area contributed by atoms with Gasteiger partial charge in [0.15, 0.2) is 5.92 Å². The van der Waals surface area contributed by atoms with E-state index in [2.05, 4.69) is 14.8 Å². The van der Waals surface area contributed by atoms with Crippen molar-refractivity contribution in [2.45, 2.75) is 19.4 Å². The number of ether oxygens (including phenoxy) is 2. The molecule has 0 heterocycles. The van der Waals surface area contributed by atoms with Crippen LogP contribution in [0.15, 0.2) is 30.3 Å². The third-order valence-electron chi connectivity index (χ3n) is 3.79. The molecule has 0 aliphatic heterocycles. The summed E-state index contributed by atoms with van der Waals surface area (Å²) in [7, 11) is 2.22. The Morgan fingerprint density at radius 2 is 1.56 bits per heavy atom. The van der Waals surface area contributed by atoms with Gasteiger partial charge in [-0.05, 0) is 5.56 Å². The van der Waals surface area contributed by atoms with Crippen molar-refractivity contribution < 1.29 is 28.7 Å². The number of hydrogen-bond acceptors (Lipinski definition) is 6. The summed E-state index contributed by atoms with van der Waals surface area (Å²) in [4.78, 5) is 47.7. The molecule has 0 aliphatic carbocycles. The lowest BCUT2D eigenvalue weighted by atomic mass is 9.86. The van der Waals surface area contributed by atoms with Crippen molar-refractivity contribution in [2.75, 3.05) is 14.2 Å². The van der Waals surface area contributed by atoms with Gasteiger partial charge in [-0.15, -0.1) is 0 Å². The monoisotopic (exact) mass is 350 g/mol. The van der Waals surface area contributed by atoms with Crippen molar-refractivity contribution in [3.63, 3.8) is 0 Å². The van der Waals surface area contributed by atoms with E-state index in [1.807, 2.05) is 6.07 Å². The number of rotatable bonds is 8. The second-order valence-electron chi connectivity index (χ2n) is 5.49. The predicted molar refractivity (Wildman–Crippen MR) is 88.0 cm³/mol. The average molecular weight is 350 g/mol. The van der Waals surface area contributed by atoms with Crippen molar-refractivity contribution in [1.29, 1.82) is 0 Å². The molecular weight excluding hydrogens is 328 g/mol. The van der Waals surface area contributed by atoms with Crippen LogP contribution >= 0.6 is 0 Å². The predicted octanol–water partition coefficient (Wildman–Crippen LogP) is -0.202. The summed E-state index contributed by atoms with van der Waals surface area (Å²) in [6.07, 6.45) is 0.0262. The Morgan fingerprint density at radius 3 is 2.00 bits per heavy atom. The number of amides is 2. The number of esters is 2. The van der Waals surface area contributed by atoms with E-state index < -0.39 is 41.6 Å². The van der Waals surface area contributed by atoms with Gasteiger partial charge in [0.1, 0.15) is 6.04 Å². The third kappa shape index (κ3) is 5.59. The lowest BCUT2D eigenvalue weighted by Crippen LogP contribution is -2.53. The maximum atomic E-state index is 12.2. The molecule has 136 valence electrons. The third-order valence-corrected chi connectivity index (χ3v) is 3.79. The molecule has 0 saturated carbocycles. The summed E-state index contributed by atoms with van der Waals surface area (Å²) in [5.74, 6) is -5.41. The first kappa shape index (κ1) is 20.1. The molecular formula is C17H22N2O6. The number of primary amides is 1. The van der Waals surface area contributed by atoms with E-state index in [0.717, 1.165) is 19.8 Å². The zero-order chi connectivity index (χ0) is 19.0. The highest BCUT2D eigenvalue weighted by Gasteiger charge is 2.41. The molecule has 0 unspecified atom stereocenters. The van der Waals surface area contributed by atoms with Crippen LogP contribution in [0.3, 0.4) is 0 Å². The van der Waals surface area contributed by atoms with Gasteiger partial charge in [-0.25, -0.2) is 0 Å². The number of hydrogen-bond donors (Lipinski definition) is 2. The van der Waals surface area contributed by atoms with Crippen LogP contribution in [0.4, 0.5) is 0 Å². The Bertz CT molecular complexity index is 615. The fourth-order valence-corrected chi connectivity index (χ4v) is 2.44. The van der Waals surface area contributed by atoms with E-state index in [9.17, 15) is 19.2 Å². The summed E-state index contributed by atoms with van der Waals surface area (Å²) in [5.41, 5.74) is 6.09. The largest absolute Gasteiger partial charge is 0.468 e. The number of methoxy groups -OCH3 is 2. The number of benzene rings is 1. The molecule has 8 nitrogen and oxygen atoms in total. The smallest absolute Gasteiger partial charge is 0.320 e. The summed E-state index contributed by atoms with van der Waals surface area (Å²) < 4.78 is 9.16. The van der Waals surface area contributed by atoms with Crippen molar-refractivity contribution >= 4 is 23.8 Å². The van der Waals surface area contributed by atoms with E-state index >= 15 is 0 Å². The molecule has 2 amide bonds. The van der Waals surface area contributed by atoms with Crippen LogP contribution in [0.1, 0.15) is 12.5 Å². The number of nitrogens with one attached hydrogen (secondary N) is 1. The quantitative estimate of drug-likeness (QED) is 0.494. The summed E-state index contributed by atoms with van der Waals surface area (Å²) in [6.45, 7) is 1.44. The van der Waals surface area contributed by atoms with Gasteiger partial charge in [-0.3, -0.25) is 19.2 Å². The lowest BCUT2D eigenvalue weighted by Gasteiger charge is -2.26. The Hall–Kier alpha value is -2.90. The highest BCUT2D eigenvalue weighted by Crippen LogP contribution is 2.19. The van der Waals surface area contributed by atoms with Crippen molar-refractivity contribution in [3.8, 4) is 0 Å². The first-order valence-electron chi connectivity index (χ1n) is 7.60. The highest BCUT2D eigenvalue weighted by atomic mass is 16.5. The minimum absolute atomic E-state index is 0.0262. The fraction of sp³-hybridized carbons (Fsp3) is 0.412. The van der Waals surface area contributed by atoms with Crippen molar-refractivity contribution in [1.82, 2.24) is 5.32 Å². The molecule has 0 bridgehead atoms. The molecule has 0 radical (unpaired) electrons. The Balaban J connectivity index is 2.93. The summed E-state index contributed by atoms with van der Waals surface area (Å²) in [6, 6.07) is 7.65. The fourth-order valence-electron chi connectivity index (χ4n) is 2.44. The summed E-state index contributed by atoms with van der Waals surface area (Å²) >= 11 is 0. The molecule has 3 N–H and O–H groups in total. The van der Waals surface area contributed by atoms with Gasteiger partial charge in [0.2, 0.25) is 11.8 Å². The van der Waals surface area contributed by atoms with Gasteiger partial charge >= 0.3 is 11.9 Å². The Morgan fingerprint density at radius 1 is 1.04 bits per heavy atom. The molecule has 8 heteroatoms. The van der Waals surface area contributed by atoms with E-state index in [1.165, 1.54) is 6.92 Å². The normalized spacial score (nSPS) is 12.8. The molecule has 0 spiro atoms. The van der Waals surface area contributed by atoms with Gasteiger partial charge in [-0.1, -0.05) is 37.3 Å². The molecule has 2 atom stereocenters. The molecule has 25 heavy (non-hydrogen) atoms. The van der Waals surface area contributed by atoms with E-state index in [0.29, 0.717) is 0 Å². The van der Waals surface area contributed by atoms with Gasteiger partial charge < -0.3 is 20.5 Å². The van der Waals surface area contributed by atoms with Gasteiger partial charge in [-0.2, -0.15) is 0 Å². The Labute approximate surface area is 145 Å². The van der Waals surface area contributed by atoms with Crippen LogP contribution in [0.25, 0.3) is 0 Å². The van der Waals surface area contributed by atoms with E-state index in [1.54, 1.807) is 24.3 Å². The first-order valence-corrected chi connectivity index (χ1v) is 7.60. The standard InChI is InChI=1S/C17H22N2O6/c1-10(13(16(22)24-2)17(23)25-3)14(15(18)21)19-12(20)9-11-7-5-4-6-8-11/h4-8,10,13-14H,9H2,1-3H3,(H2,18,21)(H,19,20)/t10-,14+/m0/s1. The van der Waals surface area contributed by atoms with Crippen LogP contribution in [0.5, 0.6) is 0 Å². The molecule has 1 aromatic carbocycles. The molecule has 0 fully saturated rings. The maximum Gasteiger partial charge on any atom is 0.320 e. The zero-order valence-corrected chi connectivity index (χ0v) is 14.4. The van der Waals surface area contributed by atoms with Gasteiger partial charge in [0, 0.05) is 5.92 Å². The van der Waals surface area contributed by atoms with Crippen molar-refractivity contribution in [2.24, 2.45) is 17.6 Å². The highest BCUT2D eigenvalue weighted by molar-refractivity contribution is 5.97. The molecule has 0 saturated heterocycles. The minimum atomic E-state index is -1.38. The van der Waals surface area contributed by atoms with Crippen LogP contribution < -0.4 is 11.1 Å². The minimum Gasteiger partial charge on any atom is -0.468 e. The van der Waals surface area contributed by atoms with E-state index in [4.69, 9.17) is 5.73 Å². The van der Waals surface area contributed by atoms with Crippen LogP contribution in [0.2, 0.25) is 0 Å².